The van der Waals surface area contributed by atoms with Crippen molar-refractivity contribution in [3.8, 4) is 22.5 Å². The molecular formula is C23H15Br2ClN2S. The van der Waals surface area contributed by atoms with Gasteiger partial charge in [-0.2, -0.15) is 0 Å². The predicted molar refractivity (Wildman–Crippen MR) is 129 cm³/mol. The van der Waals surface area contributed by atoms with Crippen LogP contribution in [0, 0.1) is 0 Å². The van der Waals surface area contributed by atoms with Crippen molar-refractivity contribution in [1.29, 1.82) is 0 Å². The Labute approximate surface area is 196 Å². The second kappa shape index (κ2) is 9.43. The highest BCUT2D eigenvalue weighted by Gasteiger charge is 2.10. The number of hydrogen-bond acceptors (Lipinski definition) is 3. The van der Waals surface area contributed by atoms with Crippen LogP contribution in [0.15, 0.2) is 93.0 Å². The molecule has 0 atom stereocenters. The molecule has 0 unspecified atom stereocenters. The Bertz CT molecular complexity index is 1070. The lowest BCUT2D eigenvalue weighted by Crippen LogP contribution is -1.95. The summed E-state index contributed by atoms with van der Waals surface area (Å²) in [4.78, 5) is 9.61. The molecule has 4 aromatic rings. The SMILES string of the molecule is Clc1ccccc1CSc1nc(-c2ccc(Br)cc2)cc(-c2ccc(Br)cc2)n1. The lowest BCUT2D eigenvalue weighted by Gasteiger charge is -2.09. The van der Waals surface area contributed by atoms with Crippen LogP contribution in [0.3, 0.4) is 0 Å². The quantitative estimate of drug-likeness (QED) is 0.186. The van der Waals surface area contributed by atoms with Gasteiger partial charge in [0.2, 0.25) is 0 Å². The van der Waals surface area contributed by atoms with Crippen LogP contribution in [0.5, 0.6) is 0 Å². The van der Waals surface area contributed by atoms with Crippen molar-refractivity contribution >= 4 is 55.2 Å². The Morgan fingerprint density at radius 2 is 1.24 bits per heavy atom. The normalized spacial score (nSPS) is 10.9. The summed E-state index contributed by atoms with van der Waals surface area (Å²) in [7, 11) is 0. The van der Waals surface area contributed by atoms with Crippen molar-refractivity contribution in [3.05, 3.63) is 98.4 Å². The first-order valence-electron chi connectivity index (χ1n) is 8.86. The van der Waals surface area contributed by atoms with Crippen molar-refractivity contribution in [2.45, 2.75) is 10.9 Å². The van der Waals surface area contributed by atoms with Crippen molar-refractivity contribution in [3.63, 3.8) is 0 Å². The zero-order valence-corrected chi connectivity index (χ0v) is 19.9. The number of rotatable bonds is 5. The third-order valence-corrected chi connectivity index (χ3v) is 6.62. The van der Waals surface area contributed by atoms with Gasteiger partial charge in [0, 0.05) is 30.8 Å². The molecule has 29 heavy (non-hydrogen) atoms. The maximum Gasteiger partial charge on any atom is 0.189 e. The van der Waals surface area contributed by atoms with Crippen LogP contribution in [0.1, 0.15) is 5.56 Å². The fourth-order valence-corrected chi connectivity index (χ4v) is 4.46. The molecule has 0 spiro atoms. The topological polar surface area (TPSA) is 25.8 Å². The summed E-state index contributed by atoms with van der Waals surface area (Å²) in [6.45, 7) is 0. The number of aromatic nitrogens is 2. The van der Waals surface area contributed by atoms with Gasteiger partial charge in [0.25, 0.3) is 0 Å². The smallest absolute Gasteiger partial charge is 0.189 e. The molecule has 0 bridgehead atoms. The molecule has 144 valence electrons. The van der Waals surface area contributed by atoms with Gasteiger partial charge in [0.15, 0.2) is 5.16 Å². The van der Waals surface area contributed by atoms with Gasteiger partial charge < -0.3 is 0 Å². The molecule has 0 N–H and O–H groups in total. The Hall–Kier alpha value is -1.66. The lowest BCUT2D eigenvalue weighted by atomic mass is 10.1. The molecule has 0 saturated carbocycles. The number of thioether (sulfide) groups is 1. The Balaban J connectivity index is 1.72. The Morgan fingerprint density at radius 1 is 0.724 bits per heavy atom. The predicted octanol–water partition coefficient (Wildman–Crippen LogP) is 8.28. The molecule has 0 saturated heterocycles. The summed E-state index contributed by atoms with van der Waals surface area (Å²) >= 11 is 14.9. The first-order chi connectivity index (χ1) is 14.1. The molecule has 3 aromatic carbocycles. The minimum Gasteiger partial charge on any atom is -0.222 e. The molecule has 0 amide bonds. The summed E-state index contributed by atoms with van der Waals surface area (Å²) in [5, 5.41) is 1.49. The van der Waals surface area contributed by atoms with Crippen LogP contribution in [-0.2, 0) is 5.75 Å². The molecular weight excluding hydrogens is 532 g/mol. The molecule has 0 fully saturated rings. The summed E-state index contributed by atoms with van der Waals surface area (Å²) in [5.74, 6) is 0.712. The molecule has 0 aliphatic carbocycles. The van der Waals surface area contributed by atoms with E-state index in [-0.39, 0.29) is 0 Å². The van der Waals surface area contributed by atoms with Crippen LogP contribution >= 0.6 is 55.2 Å². The standard InChI is InChI=1S/C23H15Br2ClN2S/c24-18-9-5-15(6-10-18)21-13-22(16-7-11-19(25)12-8-16)28-23(27-21)29-14-17-3-1-2-4-20(17)26/h1-13H,14H2. The fourth-order valence-electron chi connectivity index (χ4n) is 2.78. The summed E-state index contributed by atoms with van der Waals surface area (Å²) < 4.78 is 2.08. The van der Waals surface area contributed by atoms with Crippen LogP contribution in [0.2, 0.25) is 5.02 Å². The maximum atomic E-state index is 6.31. The summed E-state index contributed by atoms with van der Waals surface area (Å²) in [6, 6.07) is 26.2. The van der Waals surface area contributed by atoms with E-state index in [0.717, 1.165) is 47.2 Å². The summed E-state index contributed by atoms with van der Waals surface area (Å²) in [6.07, 6.45) is 0. The van der Waals surface area contributed by atoms with Crippen LogP contribution in [0.4, 0.5) is 0 Å². The number of nitrogens with zero attached hydrogens (tertiary/aromatic N) is 2. The minimum absolute atomic E-state index is 0.712. The average Bonchev–Trinajstić information content (AvgIpc) is 2.74. The zero-order chi connectivity index (χ0) is 20.2. The van der Waals surface area contributed by atoms with E-state index in [2.05, 4.69) is 56.1 Å². The molecule has 0 radical (unpaired) electrons. The average molecular weight is 547 g/mol. The number of hydrogen-bond donors (Lipinski definition) is 0. The van der Waals surface area contributed by atoms with Gasteiger partial charge in [0.1, 0.15) is 0 Å². The van der Waals surface area contributed by atoms with Crippen LogP contribution in [0.25, 0.3) is 22.5 Å². The first-order valence-corrected chi connectivity index (χ1v) is 11.8. The van der Waals surface area contributed by atoms with Crippen molar-refractivity contribution in [1.82, 2.24) is 9.97 Å². The maximum absolute atomic E-state index is 6.31. The Kier molecular flexibility index (Phi) is 6.70. The van der Waals surface area contributed by atoms with Gasteiger partial charge in [0.05, 0.1) is 11.4 Å². The van der Waals surface area contributed by atoms with Gasteiger partial charge in [-0.1, -0.05) is 97.7 Å². The monoisotopic (exact) mass is 544 g/mol. The third-order valence-electron chi connectivity index (χ3n) is 4.30. The molecule has 0 aliphatic rings. The van der Waals surface area contributed by atoms with Crippen LogP contribution in [-0.4, -0.2) is 9.97 Å². The van der Waals surface area contributed by atoms with Crippen molar-refractivity contribution in [2.24, 2.45) is 0 Å². The molecule has 6 heteroatoms. The van der Waals surface area contributed by atoms with Gasteiger partial charge in [-0.3, -0.25) is 0 Å². The van der Waals surface area contributed by atoms with Crippen molar-refractivity contribution in [2.75, 3.05) is 0 Å². The third kappa shape index (κ3) is 5.28. The van der Waals surface area contributed by atoms with Crippen molar-refractivity contribution < 1.29 is 0 Å². The molecule has 1 heterocycles. The highest BCUT2D eigenvalue weighted by Crippen LogP contribution is 2.30. The van der Waals surface area contributed by atoms with Gasteiger partial charge in [-0.05, 0) is 42.0 Å². The van der Waals surface area contributed by atoms with Gasteiger partial charge in [-0.25, -0.2) is 9.97 Å². The highest BCUT2D eigenvalue weighted by molar-refractivity contribution is 9.10. The van der Waals surface area contributed by atoms with Crippen LogP contribution < -0.4 is 0 Å². The Morgan fingerprint density at radius 3 is 1.76 bits per heavy atom. The highest BCUT2D eigenvalue weighted by atomic mass is 79.9. The first kappa shape index (κ1) is 20.6. The van der Waals surface area contributed by atoms with E-state index in [4.69, 9.17) is 21.6 Å². The zero-order valence-electron chi connectivity index (χ0n) is 15.1. The largest absolute Gasteiger partial charge is 0.222 e. The van der Waals surface area contributed by atoms with Gasteiger partial charge >= 0.3 is 0 Å². The van der Waals surface area contributed by atoms with E-state index in [0.29, 0.717) is 5.75 Å². The second-order valence-corrected chi connectivity index (χ2v) is 9.50. The van der Waals surface area contributed by atoms with E-state index in [1.807, 2.05) is 54.6 Å². The molecule has 4 rings (SSSR count). The molecule has 1 aromatic heterocycles. The number of halogens is 3. The van der Waals surface area contributed by atoms with E-state index < -0.39 is 0 Å². The summed E-state index contributed by atoms with van der Waals surface area (Å²) in [5.41, 5.74) is 4.96. The van der Waals surface area contributed by atoms with E-state index in [9.17, 15) is 0 Å². The minimum atomic E-state index is 0.712. The van der Waals surface area contributed by atoms with E-state index in [1.165, 1.54) is 0 Å². The molecule has 2 nitrogen and oxygen atoms in total. The fraction of sp³-hybridized carbons (Fsp3) is 0.0435. The van der Waals surface area contributed by atoms with E-state index in [1.54, 1.807) is 11.8 Å². The van der Waals surface area contributed by atoms with E-state index >= 15 is 0 Å². The lowest BCUT2D eigenvalue weighted by molar-refractivity contribution is 0.978. The van der Waals surface area contributed by atoms with Gasteiger partial charge in [-0.15, -0.1) is 0 Å². The molecule has 0 aliphatic heterocycles. The second-order valence-electron chi connectivity index (χ2n) is 6.31. The number of benzene rings is 3.